The van der Waals surface area contributed by atoms with Crippen molar-refractivity contribution in [2.24, 2.45) is 0 Å². The maximum Gasteiger partial charge on any atom is 0.543 e. The Hall–Kier alpha value is -0.363. The predicted molar refractivity (Wildman–Crippen MR) is 75.2 cm³/mol. The van der Waals surface area contributed by atoms with Crippen LogP contribution in [0.25, 0.3) is 0 Å². The third-order valence-corrected chi connectivity index (χ3v) is 5.78. The van der Waals surface area contributed by atoms with Crippen molar-refractivity contribution in [1.82, 2.24) is 0 Å². The molecule has 0 saturated carbocycles. The van der Waals surface area contributed by atoms with Gasteiger partial charge in [0.2, 0.25) is 0 Å². The summed E-state index contributed by atoms with van der Waals surface area (Å²) in [5, 5.41) is 0. The molecular formula is C13H28O4Si. The topological polar surface area (TPSA) is 36.9 Å². The third-order valence-electron chi connectivity index (χ3n) is 2.38. The molecule has 0 bridgehead atoms. The highest BCUT2D eigenvalue weighted by atomic mass is 28.4. The second-order valence-electron chi connectivity index (χ2n) is 3.72. The second-order valence-corrected chi connectivity index (χ2v) is 6.43. The van der Waals surface area contributed by atoms with E-state index in [1.54, 1.807) is 6.26 Å². The number of hydrogen-bond donors (Lipinski definition) is 0. The molecule has 0 aromatic heterocycles. The molecule has 0 aromatic carbocycles. The van der Waals surface area contributed by atoms with E-state index in [0.717, 1.165) is 12.8 Å². The largest absolute Gasteiger partial charge is 0.543 e. The van der Waals surface area contributed by atoms with Crippen LogP contribution in [-0.4, -0.2) is 34.4 Å². The molecule has 0 heterocycles. The van der Waals surface area contributed by atoms with Gasteiger partial charge in [0, 0.05) is 19.8 Å². The predicted octanol–water partition coefficient (Wildman–Crippen LogP) is 3.29. The Bertz CT molecular complexity index is 204. The maximum atomic E-state index is 5.83. The van der Waals surface area contributed by atoms with E-state index in [9.17, 15) is 0 Å². The molecule has 0 aliphatic rings. The Morgan fingerprint density at radius 1 is 0.889 bits per heavy atom. The average Bonchev–Trinajstić information content (AvgIpc) is 2.35. The number of allylic oxidation sites excluding steroid dienone is 1. The molecule has 0 N–H and O–H groups in total. The summed E-state index contributed by atoms with van der Waals surface area (Å²) in [6, 6.07) is 0. The third kappa shape index (κ3) is 5.52. The van der Waals surface area contributed by atoms with Crippen LogP contribution in [0.3, 0.4) is 0 Å². The van der Waals surface area contributed by atoms with E-state index in [0.29, 0.717) is 19.8 Å². The van der Waals surface area contributed by atoms with Gasteiger partial charge in [0.05, 0.1) is 6.26 Å². The van der Waals surface area contributed by atoms with Gasteiger partial charge in [-0.05, 0) is 33.6 Å². The molecule has 0 spiro atoms. The van der Waals surface area contributed by atoms with Gasteiger partial charge in [-0.1, -0.05) is 19.9 Å². The second kappa shape index (κ2) is 10.5. The average molecular weight is 276 g/mol. The van der Waals surface area contributed by atoms with E-state index in [4.69, 9.17) is 18.0 Å². The van der Waals surface area contributed by atoms with Crippen molar-refractivity contribution < 1.29 is 18.0 Å². The molecule has 0 saturated heterocycles. The molecule has 0 fully saturated rings. The first kappa shape index (κ1) is 17.6. The van der Waals surface area contributed by atoms with Crippen LogP contribution in [0.5, 0.6) is 0 Å². The molecule has 108 valence electrons. The first-order valence-electron chi connectivity index (χ1n) is 6.92. The zero-order chi connectivity index (χ0) is 13.9. The van der Waals surface area contributed by atoms with Gasteiger partial charge in [0.1, 0.15) is 0 Å². The highest BCUT2D eigenvalue weighted by molar-refractivity contribution is 6.62. The fourth-order valence-electron chi connectivity index (χ4n) is 1.68. The van der Waals surface area contributed by atoms with Crippen LogP contribution in [0.2, 0.25) is 0 Å². The summed E-state index contributed by atoms with van der Waals surface area (Å²) in [5.41, 5.74) is -0.139. The lowest BCUT2D eigenvalue weighted by Crippen LogP contribution is -2.57. The number of hydrogen-bond acceptors (Lipinski definition) is 4. The van der Waals surface area contributed by atoms with Crippen LogP contribution in [0.1, 0.15) is 47.5 Å². The monoisotopic (exact) mass is 276 g/mol. The van der Waals surface area contributed by atoms with Gasteiger partial charge in [-0.3, -0.25) is 0 Å². The summed E-state index contributed by atoms with van der Waals surface area (Å²) < 4.78 is 23.3. The van der Waals surface area contributed by atoms with Crippen LogP contribution >= 0.6 is 0 Å². The lowest BCUT2D eigenvalue weighted by atomic mass is 10.5. The van der Waals surface area contributed by atoms with Gasteiger partial charge >= 0.3 is 8.80 Å². The van der Waals surface area contributed by atoms with E-state index in [1.807, 2.05) is 26.8 Å². The highest BCUT2D eigenvalue weighted by Crippen LogP contribution is 2.21. The number of ether oxygens (including phenoxy) is 1. The Kier molecular flexibility index (Phi) is 10.3. The van der Waals surface area contributed by atoms with Crippen molar-refractivity contribution in [2.45, 2.75) is 53.2 Å². The molecule has 0 aliphatic heterocycles. The fraction of sp³-hybridized carbons (Fsp3) is 0.846. The summed E-state index contributed by atoms with van der Waals surface area (Å²) in [5.74, 6) is 0. The lowest BCUT2D eigenvalue weighted by molar-refractivity contribution is 0.0161. The van der Waals surface area contributed by atoms with E-state index >= 15 is 0 Å². The molecule has 0 radical (unpaired) electrons. The quantitative estimate of drug-likeness (QED) is 0.428. The molecule has 1 unspecified atom stereocenters. The smallest absolute Gasteiger partial charge is 0.494 e. The molecule has 1 atom stereocenters. The lowest BCUT2D eigenvalue weighted by Gasteiger charge is -2.33. The van der Waals surface area contributed by atoms with Gasteiger partial charge in [-0.2, -0.15) is 0 Å². The normalized spacial score (nSPS) is 14.1. The number of rotatable bonds is 11. The van der Waals surface area contributed by atoms with Gasteiger partial charge in [0.15, 0.2) is 5.73 Å². The van der Waals surface area contributed by atoms with Crippen LogP contribution in [-0.2, 0) is 18.0 Å². The molecule has 0 rings (SSSR count). The molecular weight excluding hydrogens is 248 g/mol. The van der Waals surface area contributed by atoms with Crippen LogP contribution < -0.4 is 0 Å². The van der Waals surface area contributed by atoms with E-state index in [2.05, 4.69) is 13.8 Å². The highest BCUT2D eigenvalue weighted by Gasteiger charge is 2.50. The van der Waals surface area contributed by atoms with Gasteiger partial charge < -0.3 is 18.0 Å². The zero-order valence-electron chi connectivity index (χ0n) is 12.4. The van der Waals surface area contributed by atoms with Gasteiger partial charge in [-0.25, -0.2) is 0 Å². The van der Waals surface area contributed by atoms with Gasteiger partial charge in [0.25, 0.3) is 0 Å². The van der Waals surface area contributed by atoms with Crippen molar-refractivity contribution in [1.29, 1.82) is 0 Å². The molecule has 18 heavy (non-hydrogen) atoms. The minimum Gasteiger partial charge on any atom is -0.494 e. The SMILES string of the molecule is CC/C=C/OC(CC)[Si](OCC)(OCC)OCC. The van der Waals surface area contributed by atoms with E-state index in [-0.39, 0.29) is 5.73 Å². The van der Waals surface area contributed by atoms with Crippen molar-refractivity contribution in [3.8, 4) is 0 Å². The Labute approximate surface area is 113 Å². The molecule has 5 heteroatoms. The molecule has 0 amide bonds. The Morgan fingerprint density at radius 2 is 1.39 bits per heavy atom. The molecule has 0 aromatic rings. The summed E-state index contributed by atoms with van der Waals surface area (Å²) in [7, 11) is -2.75. The summed E-state index contributed by atoms with van der Waals surface area (Å²) in [6.07, 6.45) is 5.46. The van der Waals surface area contributed by atoms with Crippen LogP contribution in [0.4, 0.5) is 0 Å². The standard InChI is InChI=1S/C13H28O4Si/c1-6-11-12-14-13(7-2)18(15-8-3,16-9-4)17-10-5/h11-13H,6-10H2,1-5H3/b12-11+. The Morgan fingerprint density at radius 3 is 1.72 bits per heavy atom. The zero-order valence-corrected chi connectivity index (χ0v) is 13.4. The van der Waals surface area contributed by atoms with Crippen molar-refractivity contribution in [3.05, 3.63) is 12.3 Å². The van der Waals surface area contributed by atoms with Crippen molar-refractivity contribution in [2.75, 3.05) is 19.8 Å². The summed E-state index contributed by atoms with van der Waals surface area (Å²) in [6.45, 7) is 11.7. The van der Waals surface area contributed by atoms with Crippen molar-refractivity contribution in [3.63, 3.8) is 0 Å². The first-order valence-corrected chi connectivity index (χ1v) is 8.73. The molecule has 4 nitrogen and oxygen atoms in total. The summed E-state index contributed by atoms with van der Waals surface area (Å²) >= 11 is 0. The van der Waals surface area contributed by atoms with Gasteiger partial charge in [-0.15, -0.1) is 0 Å². The first-order chi connectivity index (χ1) is 8.70. The fourth-order valence-corrected chi connectivity index (χ4v) is 4.44. The Balaban J connectivity index is 4.87. The van der Waals surface area contributed by atoms with E-state index < -0.39 is 8.80 Å². The minimum absolute atomic E-state index is 0.139. The minimum atomic E-state index is -2.75. The van der Waals surface area contributed by atoms with Crippen LogP contribution in [0, 0.1) is 0 Å². The maximum absolute atomic E-state index is 5.83. The summed E-state index contributed by atoms with van der Waals surface area (Å²) in [4.78, 5) is 0. The van der Waals surface area contributed by atoms with E-state index in [1.165, 1.54) is 0 Å². The van der Waals surface area contributed by atoms with Crippen LogP contribution in [0.15, 0.2) is 12.3 Å². The molecule has 0 aliphatic carbocycles. The van der Waals surface area contributed by atoms with Crippen molar-refractivity contribution >= 4 is 8.80 Å².